The van der Waals surface area contributed by atoms with E-state index in [0.717, 1.165) is 137 Å². The molecule has 0 saturated heterocycles. The van der Waals surface area contributed by atoms with Crippen molar-refractivity contribution >= 4 is 70.0 Å². The summed E-state index contributed by atoms with van der Waals surface area (Å²) in [5, 5.41) is 73.6. The van der Waals surface area contributed by atoms with E-state index in [2.05, 4.69) is 47.3 Å². The van der Waals surface area contributed by atoms with Crippen LogP contribution in [0.15, 0.2) is 91.5 Å². The average molecular weight is 1610 g/mol. The number of fused-ring (bicyclic) bond motifs is 4. The number of esters is 4. The van der Waals surface area contributed by atoms with E-state index in [1.54, 1.807) is 55.1 Å². The van der Waals surface area contributed by atoms with Gasteiger partial charge in [-0.25, -0.2) is 0 Å². The predicted octanol–water partition coefficient (Wildman–Crippen LogP) is 12.5. The van der Waals surface area contributed by atoms with E-state index in [1.165, 1.54) is 45.9 Å². The molecule has 614 valence electrons. The first-order chi connectivity index (χ1) is 55.1. The van der Waals surface area contributed by atoms with Crippen LogP contribution in [0.3, 0.4) is 0 Å². The second-order valence-corrected chi connectivity index (χ2v) is 29.8. The quantitative estimate of drug-likeness (QED) is 0.0119. The Morgan fingerprint density at radius 1 is 0.431 bits per heavy atom. The highest BCUT2D eigenvalue weighted by Crippen LogP contribution is 2.41. The maximum atomic E-state index is 13.1. The summed E-state index contributed by atoms with van der Waals surface area (Å²) in [6.45, 7) is 5.37. The van der Waals surface area contributed by atoms with Crippen molar-refractivity contribution in [1.82, 2.24) is 60.0 Å². The third kappa shape index (κ3) is 24.3. The first-order valence-corrected chi connectivity index (χ1v) is 39.0. The zero-order chi connectivity index (χ0) is 83.0. The molecule has 8 aromatic rings. The molecule has 0 N–H and O–H groups in total. The number of nitro benzene ring substituents is 2. The molecule has 4 aromatic heterocycles. The smallest absolute Gasteiger partial charge is 0.302 e. The fourth-order valence-electron chi connectivity index (χ4n) is 15.6. The number of benzene rings is 4. The first-order valence-electron chi connectivity index (χ1n) is 38.7. The van der Waals surface area contributed by atoms with E-state index in [1.807, 2.05) is 71.2 Å². The molecular formula is C83H99ClN16O16. The Kier molecular flexibility index (Phi) is 33.2. The van der Waals surface area contributed by atoms with Crippen molar-refractivity contribution in [3.8, 4) is 12.1 Å². The van der Waals surface area contributed by atoms with E-state index in [9.17, 15) is 69.1 Å². The van der Waals surface area contributed by atoms with Gasteiger partial charge in [0.25, 0.3) is 11.4 Å². The van der Waals surface area contributed by atoms with Gasteiger partial charge in [0, 0.05) is 109 Å². The number of carbonyl (C=O) groups excluding carboxylic acids is 8. The number of hydrogen-bond acceptors (Lipinski definition) is 26. The first kappa shape index (κ1) is 89.6. The number of nitrogens with zero attached hydrogens (tertiary/aromatic N) is 16. The Hall–Kier alpha value is -11.9. The monoisotopic (exact) mass is 1610 g/mol. The van der Waals surface area contributed by atoms with Gasteiger partial charge in [0.1, 0.15) is 36.0 Å². The summed E-state index contributed by atoms with van der Waals surface area (Å²) in [5.74, 6) is -4.42. The molecule has 12 rings (SSSR count). The van der Waals surface area contributed by atoms with E-state index >= 15 is 0 Å². The van der Waals surface area contributed by atoms with E-state index in [0.29, 0.717) is 84.2 Å². The van der Waals surface area contributed by atoms with Crippen LogP contribution in [0.5, 0.6) is 0 Å². The topological polar surface area (TPSA) is 430 Å². The SMILES string of the molecule is C.CC(=O)OC(CCCCCc1cn(C)nn1)C1Cc2ccc([N+](=O)[O-])c(C#N)c2C1=O.CC(=O)OC(CCCCCc1cn(C)nn1)C1Cc2cccc(C#N)c2C1=O.CC(=O)OC(CCCCCc1cn(C)nn1)C1Cc2cccc(Cl)c2C1=O.CC(=O)OC(CCCCCc1cn(C)nn1)C1Cc2cccc([N+](=O)[O-])c2C1=O. The van der Waals surface area contributed by atoms with Crippen LogP contribution < -0.4 is 0 Å². The number of aryl methyl sites for hydroxylation is 8. The molecule has 0 fully saturated rings. The van der Waals surface area contributed by atoms with Gasteiger partial charge in [0.2, 0.25) is 0 Å². The lowest BCUT2D eigenvalue weighted by Gasteiger charge is -2.22. The number of ether oxygens (including phenoxy) is 4. The minimum Gasteiger partial charge on any atom is -0.462 e. The second kappa shape index (κ2) is 43.0. The molecule has 0 spiro atoms. The number of ketones is 4. The number of carbonyl (C=O) groups is 8. The zero-order valence-corrected chi connectivity index (χ0v) is 66.6. The maximum absolute atomic E-state index is 13.1. The molecule has 4 heterocycles. The van der Waals surface area contributed by atoms with Crippen LogP contribution in [0.1, 0.15) is 235 Å². The van der Waals surface area contributed by atoms with Crippen molar-refractivity contribution in [3.63, 3.8) is 0 Å². The zero-order valence-electron chi connectivity index (χ0n) is 65.8. The summed E-state index contributed by atoms with van der Waals surface area (Å²) in [7, 11) is 7.32. The Morgan fingerprint density at radius 2 is 0.741 bits per heavy atom. The molecule has 8 atom stereocenters. The molecule has 4 aliphatic carbocycles. The summed E-state index contributed by atoms with van der Waals surface area (Å²) in [5.41, 5.74) is 7.75. The maximum Gasteiger partial charge on any atom is 0.302 e. The number of nitriles is 2. The number of aromatic nitrogens is 12. The highest BCUT2D eigenvalue weighted by Gasteiger charge is 2.45. The van der Waals surface area contributed by atoms with Gasteiger partial charge in [-0.1, -0.05) is 108 Å². The highest BCUT2D eigenvalue weighted by atomic mass is 35.5. The molecule has 0 aliphatic heterocycles. The van der Waals surface area contributed by atoms with Gasteiger partial charge in [-0.3, -0.25) is 77.3 Å². The van der Waals surface area contributed by atoms with Crippen molar-refractivity contribution in [2.75, 3.05) is 0 Å². The van der Waals surface area contributed by atoms with Crippen molar-refractivity contribution in [3.05, 3.63) is 195 Å². The van der Waals surface area contributed by atoms with E-state index < -0.39 is 64.0 Å². The third-order valence-corrected chi connectivity index (χ3v) is 21.0. The van der Waals surface area contributed by atoms with Gasteiger partial charge in [-0.05, 0) is 163 Å². The second-order valence-electron chi connectivity index (χ2n) is 29.4. The lowest BCUT2D eigenvalue weighted by atomic mass is 9.92. The average Bonchev–Trinajstić information content (AvgIpc) is 1.65. The normalized spacial score (nSPS) is 16.3. The standard InChI is InChI=1S/C21H23N5O5.C21H24N4O3.C20H24ClN3O3.C20H24N4O5.CH4/c1-13(27)31-19(7-5-3-4-6-15-12-25(2)24-23-15)16-10-14-8-9-18(26(29)30)17(11-22)20(14)21(16)28;1-14(26)28-19(10-5-3-4-9-17-13-25(2)24-23-17)18-11-15-7-6-8-16(12-22)20(15)21(18)27;1-13(25)27-18(10-5-3-4-8-15-12-24(2)23-22-15)16-11-14-7-6-9-17(21)19(14)20(16)26;1-13(25)29-18(10-5-3-4-8-15-12-23(2)22-21-15)16-11-14-7-6-9-17(24(27)28)19(14)20(16)26;/h8-9,12,16,19H,3-7,10H2,1-2H3;6-8,13,18-19H,3-5,9-11H2,1-2H3;6-7,9,12,16,18H,3-5,8,10-11H2,1-2H3;6-7,9,12,16,18H,3-5,8,10-11H2,1-2H3;1H4. The number of unbranched alkanes of at least 4 members (excludes halogenated alkanes) is 8. The molecule has 0 amide bonds. The number of Topliss-reactive ketones (excluding diaryl/α,β-unsaturated/α-hetero) is 4. The summed E-state index contributed by atoms with van der Waals surface area (Å²) in [6.07, 6.45) is 23.5. The molecule has 8 unspecified atom stereocenters. The minimum atomic E-state index is -0.667. The molecule has 0 saturated carbocycles. The molecule has 4 aliphatic rings. The fourth-order valence-corrected chi connectivity index (χ4v) is 15.8. The Morgan fingerprint density at radius 3 is 1.06 bits per heavy atom. The van der Waals surface area contributed by atoms with E-state index in [-0.39, 0.29) is 76.5 Å². The van der Waals surface area contributed by atoms with Crippen LogP contribution in [0.2, 0.25) is 5.02 Å². The van der Waals surface area contributed by atoms with Crippen LogP contribution in [0, 0.1) is 66.6 Å². The lowest BCUT2D eigenvalue weighted by Crippen LogP contribution is -2.30. The summed E-state index contributed by atoms with van der Waals surface area (Å²) >= 11 is 6.20. The van der Waals surface area contributed by atoms with Crippen LogP contribution >= 0.6 is 11.6 Å². The molecular weight excluding hydrogens is 1510 g/mol. The van der Waals surface area contributed by atoms with Gasteiger partial charge >= 0.3 is 23.9 Å². The number of halogens is 1. The van der Waals surface area contributed by atoms with Gasteiger partial charge in [0.05, 0.1) is 78.5 Å². The predicted molar refractivity (Wildman–Crippen MR) is 421 cm³/mol. The molecule has 0 radical (unpaired) electrons. The minimum absolute atomic E-state index is 0. The van der Waals surface area contributed by atoms with Gasteiger partial charge < -0.3 is 18.9 Å². The molecule has 116 heavy (non-hydrogen) atoms. The van der Waals surface area contributed by atoms with Crippen LogP contribution in [0.25, 0.3) is 0 Å². The van der Waals surface area contributed by atoms with Crippen LogP contribution in [-0.4, -0.2) is 141 Å². The van der Waals surface area contributed by atoms with E-state index in [4.69, 9.17) is 30.5 Å². The molecule has 32 nitrogen and oxygen atoms in total. The van der Waals surface area contributed by atoms with Crippen LogP contribution in [-0.2, 0) is 118 Å². The lowest BCUT2D eigenvalue weighted by molar-refractivity contribution is -0.385. The Bertz CT molecular complexity index is 4940. The van der Waals surface area contributed by atoms with Crippen molar-refractivity contribution in [2.45, 2.75) is 214 Å². The summed E-state index contributed by atoms with van der Waals surface area (Å²) in [4.78, 5) is 119. The molecule has 33 heteroatoms. The molecule has 0 bridgehead atoms. The Labute approximate surface area is 677 Å². The van der Waals surface area contributed by atoms with Gasteiger partial charge in [-0.15, -0.1) is 20.4 Å². The number of rotatable bonds is 34. The third-order valence-electron chi connectivity index (χ3n) is 20.7. The van der Waals surface area contributed by atoms with Crippen LogP contribution in [0.4, 0.5) is 11.4 Å². The van der Waals surface area contributed by atoms with Gasteiger partial charge in [0.15, 0.2) is 23.1 Å². The summed E-state index contributed by atoms with van der Waals surface area (Å²) in [6, 6.07) is 22.1. The fraction of sp³-hybridized carbons (Fsp3) is 0.494. The summed E-state index contributed by atoms with van der Waals surface area (Å²) < 4.78 is 28.6. The van der Waals surface area contributed by atoms with Crippen molar-refractivity contribution in [1.29, 1.82) is 10.5 Å². The number of nitro groups is 2. The molecule has 4 aromatic carbocycles. The van der Waals surface area contributed by atoms with Gasteiger partial charge in [-0.2, -0.15) is 10.5 Å². The Balaban J connectivity index is 0.000000193. The van der Waals surface area contributed by atoms with Crippen molar-refractivity contribution in [2.24, 2.45) is 51.9 Å². The largest absolute Gasteiger partial charge is 0.462 e. The van der Waals surface area contributed by atoms with Crippen molar-refractivity contribution < 1.29 is 67.2 Å². The number of hydrogen-bond donors (Lipinski definition) is 0. The highest BCUT2D eigenvalue weighted by molar-refractivity contribution is 6.34.